The highest BCUT2D eigenvalue weighted by Crippen LogP contribution is 2.24. The van der Waals surface area contributed by atoms with Gasteiger partial charge in [0.2, 0.25) is 0 Å². The predicted octanol–water partition coefficient (Wildman–Crippen LogP) is 3.96. The lowest BCUT2D eigenvalue weighted by atomic mass is 9.97. The van der Waals surface area contributed by atoms with Gasteiger partial charge in [-0.2, -0.15) is 0 Å². The van der Waals surface area contributed by atoms with E-state index in [1.54, 1.807) is 6.07 Å². The maximum atomic E-state index is 13.3. The van der Waals surface area contributed by atoms with Gasteiger partial charge in [-0.05, 0) is 56.3 Å². The zero-order chi connectivity index (χ0) is 14.4. The Kier molecular flexibility index (Phi) is 5.92. The third-order valence-electron chi connectivity index (χ3n) is 3.85. The fraction of sp³-hybridized carbons (Fsp3) is 0.625. The topological polar surface area (TPSA) is 21.3 Å². The molecular weight excluding hydrogens is 260 g/mol. The van der Waals surface area contributed by atoms with E-state index in [2.05, 4.69) is 5.32 Å². The van der Waals surface area contributed by atoms with Crippen LogP contribution >= 0.6 is 0 Å². The molecular formula is C16H23F2NO. The highest BCUT2D eigenvalue weighted by atomic mass is 19.2. The lowest BCUT2D eigenvalue weighted by Gasteiger charge is -2.25. The molecule has 1 aromatic carbocycles. The molecule has 1 heterocycles. The van der Waals surface area contributed by atoms with Gasteiger partial charge in [-0.25, -0.2) is 8.78 Å². The van der Waals surface area contributed by atoms with Crippen molar-refractivity contribution in [3.05, 3.63) is 35.4 Å². The minimum absolute atomic E-state index is 0.0561. The summed E-state index contributed by atoms with van der Waals surface area (Å²) in [4.78, 5) is 0. The van der Waals surface area contributed by atoms with Gasteiger partial charge in [-0.1, -0.05) is 13.0 Å². The Morgan fingerprint density at radius 1 is 1.30 bits per heavy atom. The van der Waals surface area contributed by atoms with Crippen molar-refractivity contribution in [1.82, 2.24) is 5.32 Å². The quantitative estimate of drug-likeness (QED) is 0.853. The van der Waals surface area contributed by atoms with Crippen LogP contribution < -0.4 is 5.32 Å². The van der Waals surface area contributed by atoms with Crippen molar-refractivity contribution in [2.45, 2.75) is 51.2 Å². The molecule has 1 N–H and O–H groups in total. The van der Waals surface area contributed by atoms with Crippen molar-refractivity contribution in [2.24, 2.45) is 0 Å². The molecule has 0 spiro atoms. The van der Waals surface area contributed by atoms with Gasteiger partial charge in [-0.3, -0.25) is 0 Å². The smallest absolute Gasteiger partial charge is 0.159 e. The molecule has 2 atom stereocenters. The van der Waals surface area contributed by atoms with Crippen LogP contribution in [-0.4, -0.2) is 19.3 Å². The Morgan fingerprint density at radius 2 is 2.15 bits per heavy atom. The first-order valence-corrected chi connectivity index (χ1v) is 7.50. The number of ether oxygens (including phenoxy) is 1. The Labute approximate surface area is 119 Å². The van der Waals surface area contributed by atoms with E-state index >= 15 is 0 Å². The van der Waals surface area contributed by atoms with Crippen LogP contribution in [0.2, 0.25) is 0 Å². The largest absolute Gasteiger partial charge is 0.378 e. The molecule has 0 amide bonds. The minimum atomic E-state index is -0.792. The molecule has 0 radical (unpaired) electrons. The molecule has 0 aromatic heterocycles. The lowest BCUT2D eigenvalue weighted by molar-refractivity contribution is 0.00856. The monoisotopic (exact) mass is 283 g/mol. The van der Waals surface area contributed by atoms with E-state index in [-0.39, 0.29) is 6.04 Å². The molecule has 20 heavy (non-hydrogen) atoms. The van der Waals surface area contributed by atoms with E-state index < -0.39 is 11.6 Å². The van der Waals surface area contributed by atoms with Gasteiger partial charge in [0.15, 0.2) is 11.6 Å². The number of rotatable bonds is 6. The SMILES string of the molecule is CCNC(CCC1CCCCO1)c1ccc(F)c(F)c1. The van der Waals surface area contributed by atoms with E-state index in [4.69, 9.17) is 4.74 Å². The average Bonchev–Trinajstić information content (AvgIpc) is 2.47. The summed E-state index contributed by atoms with van der Waals surface area (Å²) in [6.45, 7) is 3.67. The molecule has 2 rings (SSSR count). The summed E-state index contributed by atoms with van der Waals surface area (Å²) >= 11 is 0. The molecule has 1 fully saturated rings. The number of halogens is 2. The second-order valence-corrected chi connectivity index (χ2v) is 5.35. The average molecular weight is 283 g/mol. The molecule has 0 aliphatic carbocycles. The van der Waals surface area contributed by atoms with Gasteiger partial charge in [0.1, 0.15) is 0 Å². The van der Waals surface area contributed by atoms with Crippen molar-refractivity contribution in [2.75, 3.05) is 13.2 Å². The Bertz CT molecular complexity index is 419. The summed E-state index contributed by atoms with van der Waals surface area (Å²) in [6.07, 6.45) is 5.63. The highest BCUT2D eigenvalue weighted by molar-refractivity contribution is 5.21. The first-order chi connectivity index (χ1) is 9.70. The second kappa shape index (κ2) is 7.70. The molecule has 4 heteroatoms. The van der Waals surface area contributed by atoms with Gasteiger partial charge >= 0.3 is 0 Å². The highest BCUT2D eigenvalue weighted by Gasteiger charge is 2.18. The molecule has 112 valence electrons. The predicted molar refractivity (Wildman–Crippen MR) is 75.6 cm³/mol. The van der Waals surface area contributed by atoms with Crippen LogP contribution in [-0.2, 0) is 4.74 Å². The van der Waals surface area contributed by atoms with Crippen LogP contribution in [0, 0.1) is 11.6 Å². The van der Waals surface area contributed by atoms with E-state index in [1.807, 2.05) is 6.92 Å². The van der Waals surface area contributed by atoms with Gasteiger partial charge in [-0.15, -0.1) is 0 Å². The van der Waals surface area contributed by atoms with Crippen molar-refractivity contribution in [1.29, 1.82) is 0 Å². The molecule has 0 saturated carbocycles. The van der Waals surface area contributed by atoms with Gasteiger partial charge in [0.25, 0.3) is 0 Å². The molecule has 2 nitrogen and oxygen atoms in total. The third-order valence-corrected chi connectivity index (χ3v) is 3.85. The molecule has 1 aliphatic rings. The number of hydrogen-bond donors (Lipinski definition) is 1. The van der Waals surface area contributed by atoms with E-state index in [9.17, 15) is 8.78 Å². The standard InChI is InChI=1S/C16H23F2NO/c1-2-19-16(9-7-13-5-3-4-10-20-13)12-6-8-14(17)15(18)11-12/h6,8,11,13,16,19H,2-5,7,9-10H2,1H3. The van der Waals surface area contributed by atoms with Crippen LogP contribution in [0.4, 0.5) is 8.78 Å². The normalized spacial score (nSPS) is 20.9. The van der Waals surface area contributed by atoms with Gasteiger partial charge < -0.3 is 10.1 Å². The van der Waals surface area contributed by atoms with E-state index in [1.165, 1.54) is 18.6 Å². The van der Waals surface area contributed by atoms with Gasteiger partial charge in [0.05, 0.1) is 6.10 Å². The van der Waals surface area contributed by atoms with Crippen molar-refractivity contribution in [3.63, 3.8) is 0 Å². The zero-order valence-electron chi connectivity index (χ0n) is 12.0. The van der Waals surface area contributed by atoms with Crippen molar-refractivity contribution >= 4 is 0 Å². The van der Waals surface area contributed by atoms with E-state index in [0.29, 0.717) is 6.10 Å². The fourth-order valence-electron chi connectivity index (χ4n) is 2.75. The minimum Gasteiger partial charge on any atom is -0.378 e. The molecule has 0 bridgehead atoms. The summed E-state index contributed by atoms with van der Waals surface area (Å²) in [5, 5.41) is 3.34. The zero-order valence-corrected chi connectivity index (χ0v) is 12.0. The number of nitrogens with one attached hydrogen (secondary N) is 1. The number of hydrogen-bond acceptors (Lipinski definition) is 2. The third kappa shape index (κ3) is 4.25. The van der Waals surface area contributed by atoms with Crippen molar-refractivity contribution < 1.29 is 13.5 Å². The maximum Gasteiger partial charge on any atom is 0.159 e. The van der Waals surface area contributed by atoms with Gasteiger partial charge in [0, 0.05) is 12.6 Å². The Morgan fingerprint density at radius 3 is 2.80 bits per heavy atom. The van der Waals surface area contributed by atoms with Crippen molar-refractivity contribution in [3.8, 4) is 0 Å². The van der Waals surface area contributed by atoms with Crippen LogP contribution in [0.3, 0.4) is 0 Å². The first kappa shape index (κ1) is 15.4. The second-order valence-electron chi connectivity index (χ2n) is 5.35. The summed E-state index contributed by atoms with van der Waals surface area (Å²) in [7, 11) is 0. The lowest BCUT2D eigenvalue weighted by Crippen LogP contribution is -2.25. The van der Waals surface area contributed by atoms with E-state index in [0.717, 1.165) is 44.4 Å². The summed E-state index contributed by atoms with van der Waals surface area (Å²) < 4.78 is 32.1. The molecule has 1 saturated heterocycles. The summed E-state index contributed by atoms with van der Waals surface area (Å²) in [5.74, 6) is -1.57. The summed E-state index contributed by atoms with van der Waals surface area (Å²) in [6, 6.07) is 4.21. The van der Waals surface area contributed by atoms with Crippen LogP contribution in [0.1, 0.15) is 50.6 Å². The van der Waals surface area contributed by atoms with Crippen LogP contribution in [0.25, 0.3) is 0 Å². The molecule has 1 aliphatic heterocycles. The molecule has 2 unspecified atom stereocenters. The maximum absolute atomic E-state index is 13.3. The molecule has 1 aromatic rings. The fourth-order valence-corrected chi connectivity index (χ4v) is 2.75. The first-order valence-electron chi connectivity index (χ1n) is 7.50. The Balaban J connectivity index is 1.96. The van der Waals surface area contributed by atoms with Crippen LogP contribution in [0.15, 0.2) is 18.2 Å². The number of benzene rings is 1. The Hall–Kier alpha value is -1.00. The summed E-state index contributed by atoms with van der Waals surface area (Å²) in [5.41, 5.74) is 0.807. The van der Waals surface area contributed by atoms with Crippen LogP contribution in [0.5, 0.6) is 0 Å².